The molecule has 1 spiro atoms. The number of anilines is 1. The monoisotopic (exact) mass is 496 g/mol. The molecular weight excluding hydrogens is 472 g/mol. The summed E-state index contributed by atoms with van der Waals surface area (Å²) in [6, 6.07) is 9.26. The highest BCUT2D eigenvalue weighted by atomic mass is 32.1. The summed E-state index contributed by atoms with van der Waals surface area (Å²) < 4.78 is 56.4. The van der Waals surface area contributed by atoms with E-state index in [1.165, 1.54) is 24.4 Å². The van der Waals surface area contributed by atoms with Crippen molar-refractivity contribution in [3.05, 3.63) is 54.0 Å². The van der Waals surface area contributed by atoms with Crippen molar-refractivity contribution in [1.82, 2.24) is 14.8 Å². The Morgan fingerprint density at radius 1 is 1.09 bits per heavy atom. The number of likely N-dealkylation sites (tertiary alicyclic amines) is 2. The van der Waals surface area contributed by atoms with Gasteiger partial charge in [0.2, 0.25) is 5.88 Å². The van der Waals surface area contributed by atoms with Gasteiger partial charge in [-0.05, 0) is 61.2 Å². The van der Waals surface area contributed by atoms with E-state index in [1.807, 2.05) is 4.90 Å². The summed E-state index contributed by atoms with van der Waals surface area (Å²) in [6.07, 6.45) is -0.854. The first-order valence-corrected chi connectivity index (χ1v) is 11.3. The predicted molar refractivity (Wildman–Crippen MR) is 122 cm³/mol. The van der Waals surface area contributed by atoms with Crippen molar-refractivity contribution in [2.24, 2.45) is 5.41 Å². The lowest BCUT2D eigenvalue weighted by Gasteiger charge is -2.40. The number of rotatable bonds is 4. The number of carbonyl (C=O) groups excluding carboxylic acids is 1. The summed E-state index contributed by atoms with van der Waals surface area (Å²) in [5.41, 5.74) is 0.261. The van der Waals surface area contributed by atoms with E-state index in [0.29, 0.717) is 37.0 Å². The number of hydrogen-bond acceptors (Lipinski definition) is 4. The largest absolute Gasteiger partial charge is 0.467 e. The van der Waals surface area contributed by atoms with Crippen molar-refractivity contribution in [2.75, 3.05) is 38.1 Å². The molecule has 1 amide bonds. The highest BCUT2D eigenvalue weighted by Gasteiger charge is 2.43. The van der Waals surface area contributed by atoms with E-state index in [1.54, 1.807) is 23.1 Å². The Kier molecular flexibility index (Phi) is 6.92. The zero-order valence-corrected chi connectivity index (χ0v) is 19.1. The Hall–Kier alpha value is -2.95. The van der Waals surface area contributed by atoms with Crippen molar-refractivity contribution in [2.45, 2.75) is 25.4 Å². The van der Waals surface area contributed by atoms with Crippen LogP contribution in [0.5, 0.6) is 5.88 Å². The number of benzene rings is 1. The van der Waals surface area contributed by atoms with Gasteiger partial charge in [-0.1, -0.05) is 12.1 Å². The number of ether oxygens (including phenoxy) is 1. The fraction of sp³-hybridized carbons (Fsp3) is 0.435. The number of nitrogens with one attached hydrogen (secondary N) is 1. The van der Waals surface area contributed by atoms with Gasteiger partial charge in [-0.3, -0.25) is 4.79 Å². The number of aromatic nitrogens is 1. The van der Waals surface area contributed by atoms with Gasteiger partial charge in [-0.15, -0.1) is 0 Å². The molecule has 1 N–H and O–H groups in total. The average molecular weight is 497 g/mol. The van der Waals surface area contributed by atoms with Gasteiger partial charge in [0, 0.05) is 32.4 Å². The molecule has 2 aromatic rings. The number of piperidine rings is 1. The van der Waals surface area contributed by atoms with Crippen LogP contribution in [0.1, 0.15) is 29.6 Å². The van der Waals surface area contributed by atoms with Crippen LogP contribution in [0, 0.1) is 11.2 Å². The Balaban J connectivity index is 1.35. The van der Waals surface area contributed by atoms with Crippen LogP contribution in [0.4, 0.5) is 23.2 Å². The van der Waals surface area contributed by atoms with Crippen LogP contribution in [0.2, 0.25) is 0 Å². The molecule has 1 aromatic carbocycles. The Bertz CT molecular complexity index is 1060. The first-order valence-electron chi connectivity index (χ1n) is 10.9. The van der Waals surface area contributed by atoms with E-state index in [9.17, 15) is 22.4 Å². The summed E-state index contributed by atoms with van der Waals surface area (Å²) in [5.74, 6) is -1.08. The summed E-state index contributed by atoms with van der Waals surface area (Å²) in [7, 11) is 0. The zero-order valence-electron chi connectivity index (χ0n) is 18.3. The first-order chi connectivity index (χ1) is 16.2. The van der Waals surface area contributed by atoms with Gasteiger partial charge in [-0.2, -0.15) is 13.2 Å². The molecule has 0 aliphatic carbocycles. The Morgan fingerprint density at radius 3 is 2.44 bits per heavy atom. The van der Waals surface area contributed by atoms with Crippen LogP contribution in [0.3, 0.4) is 0 Å². The first kappa shape index (κ1) is 24.2. The van der Waals surface area contributed by atoms with Crippen molar-refractivity contribution in [3.63, 3.8) is 0 Å². The van der Waals surface area contributed by atoms with Gasteiger partial charge in [0.05, 0.1) is 5.69 Å². The number of para-hydroxylation sites is 1. The molecule has 0 unspecified atom stereocenters. The van der Waals surface area contributed by atoms with Crippen LogP contribution in [0.15, 0.2) is 42.6 Å². The molecular formula is C23H24F4N4O2S. The fourth-order valence-electron chi connectivity index (χ4n) is 4.45. The molecule has 2 fully saturated rings. The minimum Gasteiger partial charge on any atom is -0.467 e. The summed E-state index contributed by atoms with van der Waals surface area (Å²) in [6.45, 7) is 0.820. The number of thiocarbonyl (C=S) groups is 1. The number of alkyl halides is 3. The second-order valence-electron chi connectivity index (χ2n) is 8.63. The summed E-state index contributed by atoms with van der Waals surface area (Å²) >= 11 is 5.46. The Labute approximate surface area is 199 Å². The molecule has 0 saturated carbocycles. The molecule has 0 atom stereocenters. The number of carbonyl (C=O) groups is 1. The van der Waals surface area contributed by atoms with Gasteiger partial charge in [0.1, 0.15) is 11.4 Å². The lowest BCUT2D eigenvalue weighted by Crippen LogP contribution is -2.46. The van der Waals surface area contributed by atoms with Crippen molar-refractivity contribution in [1.29, 1.82) is 0 Å². The SMILES string of the molecule is O=C(c1cccnc1OCC(F)(F)F)N1CCC2(CCN(C(=S)Nc3ccccc3F)CC2)C1. The third-order valence-electron chi connectivity index (χ3n) is 6.33. The molecule has 11 heteroatoms. The molecule has 4 rings (SSSR count). The maximum Gasteiger partial charge on any atom is 0.422 e. The number of pyridine rings is 1. The topological polar surface area (TPSA) is 57.7 Å². The minimum atomic E-state index is -4.52. The lowest BCUT2D eigenvalue weighted by molar-refractivity contribution is -0.154. The van der Waals surface area contributed by atoms with Crippen molar-refractivity contribution in [3.8, 4) is 5.88 Å². The molecule has 34 heavy (non-hydrogen) atoms. The smallest absolute Gasteiger partial charge is 0.422 e. The standard InChI is InChI=1S/C23H24F4N4O2S/c24-17-5-1-2-6-18(17)29-21(34)30-11-7-22(8-12-30)9-13-31(14-22)20(32)16-4-3-10-28-19(16)33-15-23(25,26)27/h1-6,10H,7-9,11-15H2,(H,29,34). The van der Waals surface area contributed by atoms with E-state index >= 15 is 0 Å². The molecule has 3 heterocycles. The van der Waals surface area contributed by atoms with E-state index in [-0.39, 0.29) is 28.6 Å². The van der Waals surface area contributed by atoms with Gasteiger partial charge in [0.25, 0.3) is 5.91 Å². The summed E-state index contributed by atoms with van der Waals surface area (Å²) in [4.78, 5) is 20.5. The molecule has 182 valence electrons. The van der Waals surface area contributed by atoms with Crippen LogP contribution in [-0.4, -0.2) is 64.8 Å². The third kappa shape index (κ3) is 5.57. The van der Waals surface area contributed by atoms with E-state index < -0.39 is 12.8 Å². The molecule has 0 radical (unpaired) electrons. The molecule has 6 nitrogen and oxygen atoms in total. The van der Waals surface area contributed by atoms with Crippen LogP contribution in [0.25, 0.3) is 0 Å². The van der Waals surface area contributed by atoms with E-state index in [0.717, 1.165) is 19.3 Å². The van der Waals surface area contributed by atoms with Crippen molar-refractivity contribution >= 4 is 28.9 Å². The van der Waals surface area contributed by atoms with Gasteiger partial charge in [0.15, 0.2) is 11.7 Å². The van der Waals surface area contributed by atoms with Crippen LogP contribution in [-0.2, 0) is 0 Å². The predicted octanol–water partition coefficient (Wildman–Crippen LogP) is 4.49. The molecule has 2 aliphatic rings. The average Bonchev–Trinajstić information content (AvgIpc) is 3.22. The third-order valence-corrected chi connectivity index (χ3v) is 6.69. The second kappa shape index (κ2) is 9.73. The van der Waals surface area contributed by atoms with Gasteiger partial charge in [-0.25, -0.2) is 9.37 Å². The quantitative estimate of drug-likeness (QED) is 0.498. The van der Waals surface area contributed by atoms with E-state index in [4.69, 9.17) is 17.0 Å². The molecule has 0 bridgehead atoms. The molecule has 1 aromatic heterocycles. The van der Waals surface area contributed by atoms with Gasteiger partial charge < -0.3 is 19.9 Å². The van der Waals surface area contributed by atoms with Crippen LogP contribution < -0.4 is 10.1 Å². The number of nitrogens with zero attached hydrogens (tertiary/aromatic N) is 3. The fourth-order valence-corrected chi connectivity index (χ4v) is 4.74. The Morgan fingerprint density at radius 2 is 1.76 bits per heavy atom. The maximum absolute atomic E-state index is 13.9. The number of amides is 1. The van der Waals surface area contributed by atoms with E-state index in [2.05, 4.69) is 10.3 Å². The maximum atomic E-state index is 13.9. The highest BCUT2D eigenvalue weighted by molar-refractivity contribution is 7.80. The van der Waals surface area contributed by atoms with Crippen molar-refractivity contribution < 1.29 is 27.1 Å². The zero-order chi connectivity index (χ0) is 24.3. The highest BCUT2D eigenvalue weighted by Crippen LogP contribution is 2.41. The molecule has 2 saturated heterocycles. The number of hydrogen-bond donors (Lipinski definition) is 1. The lowest BCUT2D eigenvalue weighted by atomic mass is 9.78. The summed E-state index contributed by atoms with van der Waals surface area (Å²) in [5, 5.41) is 3.40. The second-order valence-corrected chi connectivity index (χ2v) is 9.02. The number of halogens is 4. The van der Waals surface area contributed by atoms with Gasteiger partial charge >= 0.3 is 6.18 Å². The minimum absolute atomic E-state index is 0.0245. The normalized spacial score (nSPS) is 17.6. The molecule has 2 aliphatic heterocycles. The van der Waals surface area contributed by atoms with Crippen LogP contribution >= 0.6 is 12.2 Å².